The van der Waals surface area contributed by atoms with Crippen LogP contribution in [0.2, 0.25) is 0 Å². The summed E-state index contributed by atoms with van der Waals surface area (Å²) in [6, 6.07) is 15.5. The topological polar surface area (TPSA) is 74.4 Å². The Morgan fingerprint density at radius 1 is 1.12 bits per heavy atom. The molecule has 6 heteroatoms. The van der Waals surface area contributed by atoms with Gasteiger partial charge in [0.2, 0.25) is 0 Å². The zero-order chi connectivity index (χ0) is 23.4. The summed E-state index contributed by atoms with van der Waals surface area (Å²) in [7, 11) is 0. The summed E-state index contributed by atoms with van der Waals surface area (Å²) in [4.78, 5) is 31.1. The summed E-state index contributed by atoms with van der Waals surface area (Å²) in [6.07, 6.45) is 3.75. The summed E-state index contributed by atoms with van der Waals surface area (Å²) in [5.41, 5.74) is 4.67. The molecule has 1 aromatic heterocycles. The van der Waals surface area contributed by atoms with E-state index in [1.807, 2.05) is 42.3 Å². The number of hydrogen-bond acceptors (Lipinski definition) is 3. The highest BCUT2D eigenvalue weighted by Gasteiger charge is 2.33. The number of H-pyrrole nitrogens is 1. The van der Waals surface area contributed by atoms with Gasteiger partial charge in [0.1, 0.15) is 6.04 Å². The third-order valence-corrected chi connectivity index (χ3v) is 6.84. The second-order valence-electron chi connectivity index (χ2n) is 8.88. The van der Waals surface area contributed by atoms with Gasteiger partial charge in [-0.1, -0.05) is 49.4 Å². The fourth-order valence-corrected chi connectivity index (χ4v) is 4.93. The maximum absolute atomic E-state index is 13.2. The van der Waals surface area contributed by atoms with Crippen LogP contribution in [-0.4, -0.2) is 47.6 Å². The molecule has 2 atom stereocenters. The lowest BCUT2D eigenvalue weighted by Gasteiger charge is -2.34. The molecule has 0 spiro atoms. The van der Waals surface area contributed by atoms with Crippen LogP contribution in [-0.2, 0) is 9.53 Å². The number of rotatable bonds is 6. The van der Waals surface area contributed by atoms with Crippen molar-refractivity contribution in [3.05, 3.63) is 71.4 Å². The van der Waals surface area contributed by atoms with Crippen molar-refractivity contribution < 1.29 is 14.3 Å². The van der Waals surface area contributed by atoms with E-state index in [0.717, 1.165) is 29.3 Å². The molecule has 2 heterocycles. The summed E-state index contributed by atoms with van der Waals surface area (Å²) in [5, 5.41) is 4.04. The van der Waals surface area contributed by atoms with Crippen molar-refractivity contribution in [1.29, 1.82) is 0 Å². The van der Waals surface area contributed by atoms with E-state index < -0.39 is 12.0 Å². The Labute approximate surface area is 195 Å². The Morgan fingerprint density at radius 2 is 1.82 bits per heavy atom. The average molecular weight is 448 g/mol. The molecule has 0 radical (unpaired) electrons. The minimum Gasteiger partial charge on any atom is -0.464 e. The van der Waals surface area contributed by atoms with Gasteiger partial charge in [0.15, 0.2) is 0 Å². The fraction of sp³-hybridized carbons (Fsp3) is 0.407. The minimum atomic E-state index is -0.759. The first-order valence-corrected chi connectivity index (χ1v) is 11.8. The first-order chi connectivity index (χ1) is 16.0. The fourth-order valence-electron chi connectivity index (χ4n) is 4.93. The van der Waals surface area contributed by atoms with Crippen LogP contribution in [0.4, 0.5) is 4.79 Å². The van der Waals surface area contributed by atoms with Crippen molar-refractivity contribution >= 4 is 22.9 Å². The van der Waals surface area contributed by atoms with Crippen LogP contribution in [0.3, 0.4) is 0 Å². The highest BCUT2D eigenvalue weighted by Crippen LogP contribution is 2.31. The molecule has 6 nitrogen and oxygen atoms in total. The van der Waals surface area contributed by atoms with Crippen LogP contribution in [0.5, 0.6) is 0 Å². The Bertz CT molecular complexity index is 1110. The van der Waals surface area contributed by atoms with E-state index >= 15 is 0 Å². The van der Waals surface area contributed by atoms with Gasteiger partial charge in [0.05, 0.1) is 6.61 Å². The minimum absolute atomic E-state index is 0.206. The molecule has 4 rings (SSSR count). The van der Waals surface area contributed by atoms with Gasteiger partial charge in [-0.3, -0.25) is 0 Å². The molecule has 2 amide bonds. The molecule has 0 unspecified atom stereocenters. The van der Waals surface area contributed by atoms with E-state index in [1.165, 1.54) is 11.1 Å². The van der Waals surface area contributed by atoms with Crippen molar-refractivity contribution in [2.24, 2.45) is 0 Å². The number of aromatic nitrogens is 1. The number of piperidine rings is 1. The third kappa shape index (κ3) is 4.90. The van der Waals surface area contributed by atoms with Crippen molar-refractivity contribution in [3.63, 3.8) is 0 Å². The maximum atomic E-state index is 13.2. The number of carbonyl (C=O) groups excluding carboxylic acids is 2. The van der Waals surface area contributed by atoms with Crippen molar-refractivity contribution in [2.45, 2.75) is 51.5 Å². The van der Waals surface area contributed by atoms with E-state index in [9.17, 15) is 9.59 Å². The summed E-state index contributed by atoms with van der Waals surface area (Å²) in [5.74, 6) is -0.187. The number of esters is 1. The van der Waals surface area contributed by atoms with Gasteiger partial charge < -0.3 is 19.9 Å². The molecule has 0 bridgehead atoms. The Balaban J connectivity index is 1.46. The average Bonchev–Trinajstić information content (AvgIpc) is 3.27. The van der Waals surface area contributed by atoms with Crippen LogP contribution >= 0.6 is 0 Å². The predicted molar refractivity (Wildman–Crippen MR) is 130 cm³/mol. The summed E-state index contributed by atoms with van der Waals surface area (Å²) in [6.45, 7) is 7.49. The Hall–Kier alpha value is -3.28. The number of amides is 2. The van der Waals surface area contributed by atoms with Crippen LogP contribution in [0.25, 0.3) is 10.9 Å². The molecule has 3 aromatic rings. The summed E-state index contributed by atoms with van der Waals surface area (Å²) >= 11 is 0. The standard InChI is InChI=1S/C27H33N3O3/c1-4-33-26(31)25(19(3)23-17-28-24-12-8-7-11-22(23)24)29-27(32)30-15-13-20(14-16-30)21-10-6-5-9-18(21)2/h5-12,17,19-20,25,28H,4,13-16H2,1-3H3,(H,29,32)/t19-,25+/m0/s1. The van der Waals surface area contributed by atoms with Gasteiger partial charge in [0, 0.05) is 36.1 Å². The van der Waals surface area contributed by atoms with Gasteiger partial charge in [-0.2, -0.15) is 0 Å². The van der Waals surface area contributed by atoms with Crippen molar-refractivity contribution in [2.75, 3.05) is 19.7 Å². The first kappa shape index (κ1) is 22.9. The van der Waals surface area contributed by atoms with Gasteiger partial charge in [-0.15, -0.1) is 0 Å². The van der Waals surface area contributed by atoms with Crippen molar-refractivity contribution in [1.82, 2.24) is 15.2 Å². The van der Waals surface area contributed by atoms with E-state index in [4.69, 9.17) is 4.74 Å². The number of carbonyl (C=O) groups is 2. The zero-order valence-electron chi connectivity index (χ0n) is 19.6. The number of nitrogens with zero attached hydrogens (tertiary/aromatic N) is 1. The molecule has 0 aliphatic carbocycles. The monoisotopic (exact) mass is 447 g/mol. The van der Waals surface area contributed by atoms with Crippen molar-refractivity contribution in [3.8, 4) is 0 Å². The van der Waals surface area contributed by atoms with E-state index in [-0.39, 0.29) is 18.6 Å². The van der Waals surface area contributed by atoms with Crippen LogP contribution in [0, 0.1) is 6.92 Å². The normalized spacial score (nSPS) is 16.4. The van der Waals surface area contributed by atoms with Gasteiger partial charge in [0.25, 0.3) is 0 Å². The molecule has 1 aliphatic rings. The number of benzene rings is 2. The lowest BCUT2D eigenvalue weighted by atomic mass is 9.87. The SMILES string of the molecule is CCOC(=O)[C@H](NC(=O)N1CCC(c2ccccc2C)CC1)[C@@H](C)c1c[nH]c2ccccc12. The van der Waals surface area contributed by atoms with E-state index in [2.05, 4.69) is 41.5 Å². The van der Waals surface area contributed by atoms with E-state index in [0.29, 0.717) is 19.0 Å². The molecule has 2 aromatic carbocycles. The highest BCUT2D eigenvalue weighted by molar-refractivity contribution is 5.88. The first-order valence-electron chi connectivity index (χ1n) is 11.8. The number of aromatic amines is 1. The molecular formula is C27H33N3O3. The van der Waals surface area contributed by atoms with Crippen LogP contribution < -0.4 is 5.32 Å². The Kier molecular flexibility index (Phi) is 7.02. The second kappa shape index (κ2) is 10.1. The quantitative estimate of drug-likeness (QED) is 0.516. The molecule has 174 valence electrons. The highest BCUT2D eigenvalue weighted by atomic mass is 16.5. The molecular weight excluding hydrogens is 414 g/mol. The number of aryl methyl sites for hydroxylation is 1. The maximum Gasteiger partial charge on any atom is 0.329 e. The zero-order valence-corrected chi connectivity index (χ0v) is 19.6. The molecule has 1 aliphatic heterocycles. The lowest BCUT2D eigenvalue weighted by molar-refractivity contribution is -0.145. The van der Waals surface area contributed by atoms with Gasteiger partial charge in [-0.05, 0) is 55.4 Å². The second-order valence-corrected chi connectivity index (χ2v) is 8.88. The largest absolute Gasteiger partial charge is 0.464 e. The third-order valence-electron chi connectivity index (χ3n) is 6.84. The molecule has 33 heavy (non-hydrogen) atoms. The number of ether oxygens (including phenoxy) is 1. The smallest absolute Gasteiger partial charge is 0.329 e. The summed E-state index contributed by atoms with van der Waals surface area (Å²) < 4.78 is 5.33. The number of likely N-dealkylation sites (tertiary alicyclic amines) is 1. The number of urea groups is 1. The molecule has 1 saturated heterocycles. The number of para-hydroxylation sites is 1. The van der Waals surface area contributed by atoms with Crippen LogP contribution in [0.15, 0.2) is 54.7 Å². The lowest BCUT2D eigenvalue weighted by Crippen LogP contribution is -2.52. The molecule has 0 saturated carbocycles. The number of hydrogen-bond donors (Lipinski definition) is 2. The molecule has 1 fully saturated rings. The Morgan fingerprint density at radius 3 is 2.55 bits per heavy atom. The number of nitrogens with one attached hydrogen (secondary N) is 2. The van der Waals surface area contributed by atoms with Gasteiger partial charge in [-0.25, -0.2) is 9.59 Å². The van der Waals surface area contributed by atoms with Crippen LogP contribution in [0.1, 0.15) is 55.2 Å². The molecule has 2 N–H and O–H groups in total. The van der Waals surface area contributed by atoms with Gasteiger partial charge >= 0.3 is 12.0 Å². The van der Waals surface area contributed by atoms with E-state index in [1.54, 1.807) is 6.92 Å². The predicted octanol–water partition coefficient (Wildman–Crippen LogP) is 5.10. The number of fused-ring (bicyclic) bond motifs is 1.